The summed E-state index contributed by atoms with van der Waals surface area (Å²) in [6.45, 7) is 16.6. The molecule has 0 radical (unpaired) electrons. The predicted octanol–water partition coefficient (Wildman–Crippen LogP) is 14.4. The summed E-state index contributed by atoms with van der Waals surface area (Å²) in [5.41, 5.74) is 0. The van der Waals surface area contributed by atoms with Crippen molar-refractivity contribution in [1.29, 1.82) is 0 Å². The summed E-state index contributed by atoms with van der Waals surface area (Å²) in [5.74, 6) is 0.874. The topological polar surface area (TPSA) is 122 Å². The van der Waals surface area contributed by atoms with E-state index in [1.807, 2.05) is 0 Å². The number of hydrogen-bond donors (Lipinski definition) is 1. The van der Waals surface area contributed by atoms with Crippen LogP contribution < -0.4 is 0 Å². The highest BCUT2D eigenvalue weighted by atomic mass is 16.7. The first-order valence-electron chi connectivity index (χ1n) is 27.7. The zero-order valence-electron chi connectivity index (χ0n) is 43.3. The molecule has 11 heteroatoms. The molecule has 0 bridgehead atoms. The van der Waals surface area contributed by atoms with Crippen LogP contribution in [0, 0.1) is 11.8 Å². The molecule has 388 valence electrons. The van der Waals surface area contributed by atoms with Crippen LogP contribution in [-0.2, 0) is 33.2 Å². The van der Waals surface area contributed by atoms with Crippen molar-refractivity contribution in [2.24, 2.45) is 11.8 Å². The lowest BCUT2D eigenvalue weighted by atomic mass is 9.95. The molecule has 0 fully saturated rings. The van der Waals surface area contributed by atoms with Crippen LogP contribution in [0.15, 0.2) is 0 Å². The summed E-state index contributed by atoms with van der Waals surface area (Å²) in [4.78, 5) is 27.4. The summed E-state index contributed by atoms with van der Waals surface area (Å²) in [6.07, 6.45) is 36.9. The summed E-state index contributed by atoms with van der Waals surface area (Å²) >= 11 is 0. The van der Waals surface area contributed by atoms with Gasteiger partial charge in [-0.15, -0.1) is 0 Å². The molecule has 0 heterocycles. The number of carbonyl (C=O) groups excluding carboxylic acids is 2. The van der Waals surface area contributed by atoms with Crippen molar-refractivity contribution in [3.8, 4) is 0 Å². The van der Waals surface area contributed by atoms with Gasteiger partial charge in [0.05, 0.1) is 72.7 Å². The highest BCUT2D eigenvalue weighted by Crippen LogP contribution is 2.21. The molecule has 0 saturated carbocycles. The number of rotatable bonds is 53. The van der Waals surface area contributed by atoms with Crippen molar-refractivity contribution < 1.29 is 47.9 Å². The Bertz CT molecular complexity index is 896. The molecule has 65 heavy (non-hydrogen) atoms. The van der Waals surface area contributed by atoms with Gasteiger partial charge in [0.15, 0.2) is 0 Å². The van der Waals surface area contributed by atoms with Gasteiger partial charge in [-0.05, 0) is 76.3 Å². The van der Waals surface area contributed by atoms with E-state index in [0.29, 0.717) is 77.9 Å². The Morgan fingerprint density at radius 1 is 0.354 bits per heavy atom. The Labute approximate surface area is 401 Å². The van der Waals surface area contributed by atoms with Crippen LogP contribution in [0.25, 0.3) is 0 Å². The van der Waals surface area contributed by atoms with Crippen LogP contribution in [-0.4, -0.2) is 115 Å². The minimum Gasteiger partial charge on any atom is -0.434 e. The first-order valence-corrected chi connectivity index (χ1v) is 27.7. The number of aliphatic hydroxyl groups is 1. The molecule has 0 aliphatic carbocycles. The van der Waals surface area contributed by atoms with E-state index in [0.717, 1.165) is 96.7 Å². The maximum atomic E-state index is 12.4. The fraction of sp³-hybridized carbons (Fsp3) is 0.963. The lowest BCUT2D eigenvalue weighted by Gasteiger charge is -2.22. The molecule has 0 saturated heterocycles. The standard InChI is InChI=1S/C54H107NO10/c1-5-9-13-17-19-27-35-51(33-25-15-11-7-3)49-64-53(57)62-41-31-23-21-29-37-55(39-43-59-45-47-61-48-46-60-44-40-56)38-30-22-24-32-42-63-54(58)65-50-52(34-26-16-12-8-4)36-28-20-18-14-10-6-2/h51-52,56H,5-50H2,1-4H3. The monoisotopic (exact) mass is 930 g/mol. The van der Waals surface area contributed by atoms with E-state index >= 15 is 0 Å². The van der Waals surface area contributed by atoms with Crippen LogP contribution in [0.3, 0.4) is 0 Å². The van der Waals surface area contributed by atoms with E-state index in [4.69, 9.17) is 38.3 Å². The van der Waals surface area contributed by atoms with Crippen molar-refractivity contribution in [3.63, 3.8) is 0 Å². The van der Waals surface area contributed by atoms with Gasteiger partial charge in [0, 0.05) is 6.54 Å². The van der Waals surface area contributed by atoms with Crippen LogP contribution >= 0.6 is 0 Å². The van der Waals surface area contributed by atoms with Gasteiger partial charge in [-0.3, -0.25) is 0 Å². The summed E-state index contributed by atoms with van der Waals surface area (Å²) in [7, 11) is 0. The predicted molar refractivity (Wildman–Crippen MR) is 268 cm³/mol. The molecule has 11 nitrogen and oxygen atoms in total. The minimum absolute atomic E-state index is 0.0215. The fourth-order valence-corrected chi connectivity index (χ4v) is 8.25. The van der Waals surface area contributed by atoms with Crippen LogP contribution in [0.1, 0.15) is 233 Å². The quantitative estimate of drug-likeness (QED) is 0.0463. The van der Waals surface area contributed by atoms with E-state index in [1.54, 1.807) is 0 Å². The van der Waals surface area contributed by atoms with Gasteiger partial charge in [0.1, 0.15) is 0 Å². The first-order chi connectivity index (χ1) is 32.0. The summed E-state index contributed by atoms with van der Waals surface area (Å²) < 4.78 is 38.9. The van der Waals surface area contributed by atoms with Gasteiger partial charge >= 0.3 is 12.3 Å². The van der Waals surface area contributed by atoms with E-state index in [9.17, 15) is 9.59 Å². The third-order valence-electron chi connectivity index (χ3n) is 12.4. The molecule has 2 unspecified atom stereocenters. The van der Waals surface area contributed by atoms with E-state index in [2.05, 4.69) is 32.6 Å². The number of aliphatic hydroxyl groups excluding tert-OH is 1. The number of ether oxygens (including phenoxy) is 7. The highest BCUT2D eigenvalue weighted by Gasteiger charge is 2.15. The molecule has 1 N–H and O–H groups in total. The molecule has 0 rings (SSSR count). The Hall–Kier alpha value is -1.66. The van der Waals surface area contributed by atoms with Gasteiger partial charge < -0.3 is 43.2 Å². The lowest BCUT2D eigenvalue weighted by Crippen LogP contribution is -2.30. The van der Waals surface area contributed by atoms with Crippen molar-refractivity contribution in [2.45, 2.75) is 233 Å². The SMILES string of the molecule is CCCCCCCCC(CCCCCC)COC(=O)OCCCCCCN(CCCCCCOC(=O)OCC(CCCCCC)CCCCCCCC)CCOCCOCCOCCO. The van der Waals surface area contributed by atoms with Gasteiger partial charge in [0.2, 0.25) is 0 Å². The molecule has 0 aromatic heterocycles. The minimum atomic E-state index is -0.514. The fourth-order valence-electron chi connectivity index (χ4n) is 8.25. The van der Waals surface area contributed by atoms with Crippen LogP contribution in [0.4, 0.5) is 9.59 Å². The molecule has 0 aliphatic rings. The van der Waals surface area contributed by atoms with Crippen molar-refractivity contribution in [2.75, 3.05) is 92.3 Å². The number of nitrogens with zero attached hydrogens (tertiary/aromatic N) is 1. The maximum absolute atomic E-state index is 12.4. The van der Waals surface area contributed by atoms with Crippen LogP contribution in [0.5, 0.6) is 0 Å². The van der Waals surface area contributed by atoms with E-state index in [1.165, 1.54) is 128 Å². The average molecular weight is 930 g/mol. The average Bonchev–Trinajstić information content (AvgIpc) is 3.31. The Morgan fingerprint density at radius 2 is 0.677 bits per heavy atom. The number of hydrogen-bond acceptors (Lipinski definition) is 11. The maximum Gasteiger partial charge on any atom is 0.508 e. The van der Waals surface area contributed by atoms with Gasteiger partial charge in [-0.1, -0.05) is 182 Å². The zero-order chi connectivity index (χ0) is 47.4. The highest BCUT2D eigenvalue weighted by molar-refractivity contribution is 5.60. The molecular formula is C54H107NO10. The zero-order valence-corrected chi connectivity index (χ0v) is 43.3. The second-order valence-corrected chi connectivity index (χ2v) is 18.6. The van der Waals surface area contributed by atoms with Gasteiger partial charge in [-0.2, -0.15) is 0 Å². The Morgan fingerprint density at radius 3 is 1.08 bits per heavy atom. The third-order valence-corrected chi connectivity index (χ3v) is 12.4. The molecule has 2 atom stereocenters. The molecule has 0 aliphatic heterocycles. The Kier molecular flexibility index (Phi) is 51.9. The summed E-state index contributed by atoms with van der Waals surface area (Å²) in [6, 6.07) is 0. The molecule has 0 aromatic rings. The smallest absolute Gasteiger partial charge is 0.434 e. The van der Waals surface area contributed by atoms with Crippen molar-refractivity contribution in [3.05, 3.63) is 0 Å². The largest absolute Gasteiger partial charge is 0.508 e. The third kappa shape index (κ3) is 48.6. The van der Waals surface area contributed by atoms with Crippen molar-refractivity contribution >= 4 is 12.3 Å². The van der Waals surface area contributed by atoms with E-state index < -0.39 is 12.3 Å². The normalized spacial score (nSPS) is 12.5. The van der Waals surface area contributed by atoms with Gasteiger partial charge in [-0.25, -0.2) is 9.59 Å². The first kappa shape index (κ1) is 63.3. The van der Waals surface area contributed by atoms with Crippen molar-refractivity contribution in [1.82, 2.24) is 4.90 Å². The van der Waals surface area contributed by atoms with Gasteiger partial charge in [0.25, 0.3) is 0 Å². The Balaban J connectivity index is 4.53. The molecule has 0 aromatic carbocycles. The second kappa shape index (κ2) is 53.3. The molecule has 0 amide bonds. The van der Waals surface area contributed by atoms with Crippen LogP contribution in [0.2, 0.25) is 0 Å². The number of unbranched alkanes of at least 4 members (excludes halogenated alkanes) is 22. The summed E-state index contributed by atoms with van der Waals surface area (Å²) in [5, 5.41) is 8.82. The molecular weight excluding hydrogens is 823 g/mol. The lowest BCUT2D eigenvalue weighted by molar-refractivity contribution is 0.00448. The van der Waals surface area contributed by atoms with E-state index in [-0.39, 0.29) is 6.61 Å². The molecule has 0 spiro atoms. The number of carbonyl (C=O) groups is 2. The second-order valence-electron chi connectivity index (χ2n) is 18.6.